The van der Waals surface area contributed by atoms with E-state index in [0.717, 1.165) is 19.3 Å². The highest BCUT2D eigenvalue weighted by Gasteiger charge is 2.21. The number of nitrogens with zero attached hydrogens (tertiary/aromatic N) is 1. The summed E-state index contributed by atoms with van der Waals surface area (Å²) in [6.07, 6.45) is 2.89. The Balaban J connectivity index is 1.68. The van der Waals surface area contributed by atoms with E-state index in [1.807, 2.05) is 0 Å². The highest BCUT2D eigenvalue weighted by Crippen LogP contribution is 2.16. The molecule has 1 aromatic heterocycles. The smallest absolute Gasteiger partial charge is 0.289 e. The molecule has 7 nitrogen and oxygen atoms in total. The maximum absolute atomic E-state index is 12.3. The number of anilines is 1. The van der Waals surface area contributed by atoms with Crippen LogP contribution in [0.3, 0.4) is 0 Å². The Kier molecular flexibility index (Phi) is 7.87. The molecule has 1 aliphatic rings. The first-order valence-electron chi connectivity index (χ1n) is 8.46. The topological polar surface area (TPSA) is 81.0 Å². The van der Waals surface area contributed by atoms with Crippen LogP contribution in [0.25, 0.3) is 0 Å². The molecule has 1 saturated heterocycles. The van der Waals surface area contributed by atoms with Gasteiger partial charge >= 0.3 is 0 Å². The van der Waals surface area contributed by atoms with E-state index in [-0.39, 0.29) is 17.6 Å². The highest BCUT2D eigenvalue weighted by atomic mass is 32.1. The number of carbonyl (C=O) groups excluding carboxylic acids is 2. The number of hydrogen-bond acceptors (Lipinski definition) is 6. The van der Waals surface area contributed by atoms with Crippen molar-refractivity contribution in [3.8, 4) is 0 Å². The first-order valence-corrected chi connectivity index (χ1v) is 8.87. The van der Waals surface area contributed by atoms with Gasteiger partial charge in [0.2, 0.25) is 5.91 Å². The van der Waals surface area contributed by atoms with E-state index in [2.05, 4.69) is 5.32 Å². The maximum atomic E-state index is 12.3. The van der Waals surface area contributed by atoms with E-state index in [1.165, 1.54) is 0 Å². The van der Waals surface area contributed by atoms with E-state index in [9.17, 15) is 9.59 Å². The fraction of sp³-hybridized carbons (Fsp3) is 0.588. The molecule has 1 aromatic rings. The first kappa shape index (κ1) is 19.4. The molecule has 0 spiro atoms. The van der Waals surface area contributed by atoms with Gasteiger partial charge in [-0.25, -0.2) is 0 Å². The number of unbranched alkanes of at least 4 members (excludes halogenated alkanes) is 2. The lowest BCUT2D eigenvalue weighted by atomic mass is 10.2. The Hall–Kier alpha value is -1.93. The number of rotatable bonds is 8. The number of nitrogens with one attached hydrogen (secondary N) is 1. The number of morpholine rings is 1. The predicted molar refractivity (Wildman–Crippen MR) is 96.8 cm³/mol. The number of furan rings is 1. The van der Waals surface area contributed by atoms with Crippen LogP contribution < -0.4 is 5.32 Å². The van der Waals surface area contributed by atoms with E-state index in [1.54, 1.807) is 24.0 Å². The summed E-state index contributed by atoms with van der Waals surface area (Å²) < 4.78 is 15.9. The molecular formula is C17H24N2O5S. The molecule has 0 bridgehead atoms. The lowest BCUT2D eigenvalue weighted by molar-refractivity contribution is -0.116. The number of ether oxygens (including phenoxy) is 2. The zero-order chi connectivity index (χ0) is 18.1. The van der Waals surface area contributed by atoms with Crippen molar-refractivity contribution < 1.29 is 23.5 Å². The third-order valence-corrected chi connectivity index (χ3v) is 3.85. The van der Waals surface area contributed by atoms with E-state index in [0.29, 0.717) is 50.3 Å². The second-order valence-corrected chi connectivity index (χ2v) is 6.34. The Bertz CT molecular complexity index is 596. The molecule has 25 heavy (non-hydrogen) atoms. The van der Waals surface area contributed by atoms with Crippen LogP contribution in [0.2, 0.25) is 0 Å². The highest BCUT2D eigenvalue weighted by molar-refractivity contribution is 7.80. The largest absolute Gasteiger partial charge is 0.487 e. The van der Waals surface area contributed by atoms with Crippen molar-refractivity contribution in [3.05, 3.63) is 17.9 Å². The molecule has 2 rings (SSSR count). The van der Waals surface area contributed by atoms with Crippen molar-refractivity contribution >= 4 is 35.0 Å². The summed E-state index contributed by atoms with van der Waals surface area (Å²) in [5.74, 6) is 0.204. The van der Waals surface area contributed by atoms with Crippen molar-refractivity contribution in [1.82, 2.24) is 4.90 Å². The molecule has 138 valence electrons. The summed E-state index contributed by atoms with van der Waals surface area (Å²) in [5.41, 5.74) is 0. The summed E-state index contributed by atoms with van der Waals surface area (Å²) >= 11 is 4.82. The fourth-order valence-corrected chi connectivity index (χ4v) is 2.51. The van der Waals surface area contributed by atoms with Crippen molar-refractivity contribution in [3.63, 3.8) is 0 Å². The molecule has 0 saturated carbocycles. The van der Waals surface area contributed by atoms with Crippen molar-refractivity contribution in [2.75, 3.05) is 38.2 Å². The number of thiocarbonyl (C=S) groups is 1. The number of carbonyl (C=O) groups is 2. The van der Waals surface area contributed by atoms with Gasteiger partial charge in [0.25, 0.3) is 5.91 Å². The molecule has 1 aliphatic heterocycles. The monoisotopic (exact) mass is 368 g/mol. The summed E-state index contributed by atoms with van der Waals surface area (Å²) in [6, 6.07) is 3.18. The van der Waals surface area contributed by atoms with Gasteiger partial charge in [-0.15, -0.1) is 0 Å². The molecule has 0 unspecified atom stereocenters. The standard InChI is InChI=1S/C17H24N2O5S/c1-13(25)23-10-4-2-3-5-15(20)18-16-7-6-14(24-16)17(21)19-8-11-22-12-9-19/h6-7H,2-5,8-12H2,1H3,(H,18,20). The zero-order valence-corrected chi connectivity index (χ0v) is 15.2. The quantitative estimate of drug-likeness (QED) is 0.561. The fourth-order valence-electron chi connectivity index (χ4n) is 2.42. The van der Waals surface area contributed by atoms with Gasteiger partial charge in [-0.05, 0) is 37.5 Å². The van der Waals surface area contributed by atoms with Gasteiger partial charge < -0.3 is 18.8 Å². The van der Waals surface area contributed by atoms with Crippen LogP contribution in [0.4, 0.5) is 5.88 Å². The SMILES string of the molecule is CC(=S)OCCCCCC(=O)Nc1ccc(C(=O)N2CCOCC2)o1. The van der Waals surface area contributed by atoms with Crippen LogP contribution in [-0.4, -0.2) is 54.7 Å². The van der Waals surface area contributed by atoms with Gasteiger partial charge in [0, 0.05) is 32.5 Å². The second kappa shape index (κ2) is 10.1. The summed E-state index contributed by atoms with van der Waals surface area (Å²) in [6.45, 7) is 4.49. The van der Waals surface area contributed by atoms with Crippen LogP contribution in [0, 0.1) is 0 Å². The molecule has 1 N–H and O–H groups in total. The van der Waals surface area contributed by atoms with E-state index >= 15 is 0 Å². The summed E-state index contributed by atoms with van der Waals surface area (Å²) in [7, 11) is 0. The molecule has 2 heterocycles. The third kappa shape index (κ3) is 6.83. The predicted octanol–water partition coefficient (Wildman–Crippen LogP) is 2.61. The van der Waals surface area contributed by atoms with Crippen LogP contribution in [0.15, 0.2) is 16.5 Å². The summed E-state index contributed by atoms with van der Waals surface area (Å²) in [5, 5.41) is 3.22. The number of hydrogen-bond donors (Lipinski definition) is 1. The Labute approximate surface area is 152 Å². The van der Waals surface area contributed by atoms with Crippen LogP contribution in [0.1, 0.15) is 43.2 Å². The lowest BCUT2D eigenvalue weighted by Gasteiger charge is -2.25. The Morgan fingerprint density at radius 3 is 2.72 bits per heavy atom. The summed E-state index contributed by atoms with van der Waals surface area (Å²) in [4.78, 5) is 25.8. The van der Waals surface area contributed by atoms with Crippen molar-refractivity contribution in [2.45, 2.75) is 32.6 Å². The van der Waals surface area contributed by atoms with Gasteiger partial charge in [-0.2, -0.15) is 0 Å². The zero-order valence-electron chi connectivity index (χ0n) is 14.4. The molecule has 0 aromatic carbocycles. The van der Waals surface area contributed by atoms with Gasteiger partial charge in [-0.3, -0.25) is 14.9 Å². The minimum absolute atomic E-state index is 0.133. The molecular weight excluding hydrogens is 344 g/mol. The number of amides is 2. The Morgan fingerprint density at radius 2 is 2.00 bits per heavy atom. The van der Waals surface area contributed by atoms with Gasteiger partial charge in [0.05, 0.1) is 19.8 Å². The van der Waals surface area contributed by atoms with E-state index in [4.69, 9.17) is 26.1 Å². The minimum atomic E-state index is -0.183. The average molecular weight is 368 g/mol. The average Bonchev–Trinajstić information content (AvgIpc) is 3.06. The first-order chi connectivity index (χ1) is 12.1. The Morgan fingerprint density at radius 1 is 1.24 bits per heavy atom. The molecule has 0 atom stereocenters. The van der Waals surface area contributed by atoms with Gasteiger partial charge in [-0.1, -0.05) is 0 Å². The van der Waals surface area contributed by atoms with Crippen molar-refractivity contribution in [2.24, 2.45) is 0 Å². The lowest BCUT2D eigenvalue weighted by Crippen LogP contribution is -2.40. The van der Waals surface area contributed by atoms with Gasteiger partial charge in [0.15, 0.2) is 16.7 Å². The molecule has 1 fully saturated rings. The van der Waals surface area contributed by atoms with Crippen molar-refractivity contribution in [1.29, 1.82) is 0 Å². The minimum Gasteiger partial charge on any atom is -0.487 e. The molecule has 2 amide bonds. The molecule has 8 heteroatoms. The maximum Gasteiger partial charge on any atom is 0.289 e. The van der Waals surface area contributed by atoms with Crippen LogP contribution >= 0.6 is 12.2 Å². The third-order valence-electron chi connectivity index (χ3n) is 3.73. The molecule has 0 aliphatic carbocycles. The van der Waals surface area contributed by atoms with E-state index < -0.39 is 0 Å². The second-order valence-electron chi connectivity index (χ2n) is 5.77. The molecule has 0 radical (unpaired) electrons. The van der Waals surface area contributed by atoms with Gasteiger partial charge in [0.1, 0.15) is 0 Å². The van der Waals surface area contributed by atoms with Crippen LogP contribution in [-0.2, 0) is 14.3 Å². The normalized spacial score (nSPS) is 14.2. The van der Waals surface area contributed by atoms with Crippen LogP contribution in [0.5, 0.6) is 0 Å².